The molecule has 0 unspecified atom stereocenters. The maximum Gasteiger partial charge on any atom is 0.217 e. The lowest BCUT2D eigenvalue weighted by atomic mass is 10.2. The number of aryl methyl sites for hydroxylation is 2. The van der Waals surface area contributed by atoms with Crippen LogP contribution >= 0.6 is 0 Å². The lowest BCUT2D eigenvalue weighted by molar-refractivity contribution is 0.0369. The van der Waals surface area contributed by atoms with Crippen molar-refractivity contribution in [1.29, 1.82) is 0 Å². The molecule has 1 saturated heterocycles. The summed E-state index contributed by atoms with van der Waals surface area (Å²) in [6.07, 6.45) is 4.46. The summed E-state index contributed by atoms with van der Waals surface area (Å²) in [5.41, 5.74) is 4.24. The molecule has 1 aliphatic rings. The van der Waals surface area contributed by atoms with Crippen LogP contribution in [-0.4, -0.2) is 61.9 Å². The number of fused-ring (bicyclic) bond motifs is 3. The lowest BCUT2D eigenvalue weighted by Crippen LogP contribution is -2.37. The Morgan fingerprint density at radius 1 is 1.11 bits per heavy atom. The van der Waals surface area contributed by atoms with E-state index >= 15 is 0 Å². The van der Waals surface area contributed by atoms with Crippen LogP contribution in [0.2, 0.25) is 0 Å². The molecule has 1 aliphatic heterocycles. The van der Waals surface area contributed by atoms with Crippen LogP contribution in [0.1, 0.15) is 17.7 Å². The molecule has 0 atom stereocenters. The van der Waals surface area contributed by atoms with Crippen LogP contribution in [0.3, 0.4) is 0 Å². The minimum absolute atomic E-state index is 0.580. The van der Waals surface area contributed by atoms with E-state index in [-0.39, 0.29) is 0 Å². The van der Waals surface area contributed by atoms with E-state index in [1.165, 1.54) is 11.3 Å². The highest BCUT2D eigenvalue weighted by molar-refractivity contribution is 5.94. The van der Waals surface area contributed by atoms with Gasteiger partial charge in [0.25, 0.3) is 0 Å². The minimum Gasteiger partial charge on any atom is -0.461 e. The first-order chi connectivity index (χ1) is 13.7. The van der Waals surface area contributed by atoms with Crippen molar-refractivity contribution in [3.63, 3.8) is 0 Å². The molecule has 0 bridgehead atoms. The van der Waals surface area contributed by atoms with Gasteiger partial charge in [-0.25, -0.2) is 14.5 Å². The van der Waals surface area contributed by atoms with E-state index < -0.39 is 0 Å². The van der Waals surface area contributed by atoms with Gasteiger partial charge in [0.2, 0.25) is 5.82 Å². The third kappa shape index (κ3) is 2.89. The number of morpholine rings is 1. The van der Waals surface area contributed by atoms with Crippen LogP contribution in [0, 0.1) is 13.8 Å². The van der Waals surface area contributed by atoms with Gasteiger partial charge in [-0.3, -0.25) is 4.90 Å². The summed E-state index contributed by atoms with van der Waals surface area (Å²) in [4.78, 5) is 11.9. The molecular formula is C20H24N6O2. The Balaban J connectivity index is 1.48. The van der Waals surface area contributed by atoms with E-state index in [9.17, 15) is 0 Å². The topological polar surface area (TPSA) is 73.6 Å². The summed E-state index contributed by atoms with van der Waals surface area (Å²) in [6.45, 7) is 10.1. The Bertz CT molecular complexity index is 1110. The van der Waals surface area contributed by atoms with Gasteiger partial charge in [-0.1, -0.05) is 0 Å². The first-order valence-corrected chi connectivity index (χ1v) is 9.77. The molecular weight excluding hydrogens is 356 g/mol. The van der Waals surface area contributed by atoms with Crippen molar-refractivity contribution in [1.82, 2.24) is 29.0 Å². The Morgan fingerprint density at radius 3 is 2.75 bits per heavy atom. The van der Waals surface area contributed by atoms with E-state index in [4.69, 9.17) is 19.1 Å². The molecule has 28 heavy (non-hydrogen) atoms. The molecule has 0 aromatic carbocycles. The molecule has 5 rings (SSSR count). The average molecular weight is 380 g/mol. The number of furan rings is 1. The molecule has 4 aromatic rings. The average Bonchev–Trinajstić information content (AvgIpc) is 3.43. The Morgan fingerprint density at radius 2 is 1.96 bits per heavy atom. The highest BCUT2D eigenvalue weighted by Crippen LogP contribution is 2.28. The van der Waals surface area contributed by atoms with E-state index in [1.807, 2.05) is 12.1 Å². The van der Waals surface area contributed by atoms with E-state index in [2.05, 4.69) is 28.4 Å². The standard InChI is InChI=1S/C20H24N6O2/c1-14-15(2)25(7-4-6-24-8-11-27-12-9-24)19-17(14)20-22-18(16-5-3-10-28-16)23-26(20)13-21-19/h3,5,10,13H,4,6-9,11-12H2,1-2H3. The molecule has 0 radical (unpaired) electrons. The van der Waals surface area contributed by atoms with Crippen LogP contribution in [0.15, 0.2) is 29.1 Å². The summed E-state index contributed by atoms with van der Waals surface area (Å²) in [5, 5.41) is 5.60. The summed E-state index contributed by atoms with van der Waals surface area (Å²) in [6, 6.07) is 3.71. The third-order valence-electron chi connectivity index (χ3n) is 5.65. The second-order valence-electron chi connectivity index (χ2n) is 7.29. The number of hydrogen-bond donors (Lipinski definition) is 0. The summed E-state index contributed by atoms with van der Waals surface area (Å²) in [5.74, 6) is 1.24. The largest absolute Gasteiger partial charge is 0.461 e. The van der Waals surface area contributed by atoms with Gasteiger partial charge >= 0.3 is 0 Å². The lowest BCUT2D eigenvalue weighted by Gasteiger charge is -2.26. The van der Waals surface area contributed by atoms with Crippen LogP contribution < -0.4 is 0 Å². The van der Waals surface area contributed by atoms with Crippen molar-refractivity contribution in [3.05, 3.63) is 36.0 Å². The maximum atomic E-state index is 5.45. The van der Waals surface area contributed by atoms with Crippen molar-refractivity contribution in [3.8, 4) is 11.6 Å². The molecule has 8 heteroatoms. The number of rotatable bonds is 5. The molecule has 4 aromatic heterocycles. The maximum absolute atomic E-state index is 5.45. The monoisotopic (exact) mass is 380 g/mol. The van der Waals surface area contributed by atoms with Crippen molar-refractivity contribution in [2.75, 3.05) is 32.8 Å². The molecule has 0 N–H and O–H groups in total. The molecule has 0 amide bonds. The van der Waals surface area contributed by atoms with Crippen molar-refractivity contribution >= 4 is 16.7 Å². The third-order valence-corrected chi connectivity index (χ3v) is 5.65. The van der Waals surface area contributed by atoms with Gasteiger partial charge in [-0.15, -0.1) is 5.10 Å². The van der Waals surface area contributed by atoms with Gasteiger partial charge in [0.15, 0.2) is 11.4 Å². The van der Waals surface area contributed by atoms with E-state index in [1.54, 1.807) is 17.1 Å². The highest BCUT2D eigenvalue weighted by atomic mass is 16.5. The zero-order valence-electron chi connectivity index (χ0n) is 16.3. The van der Waals surface area contributed by atoms with Crippen LogP contribution in [-0.2, 0) is 11.3 Å². The number of nitrogens with zero attached hydrogens (tertiary/aromatic N) is 6. The van der Waals surface area contributed by atoms with Crippen LogP contribution in [0.4, 0.5) is 0 Å². The zero-order valence-corrected chi connectivity index (χ0v) is 16.3. The Labute approximate surface area is 162 Å². The molecule has 0 aliphatic carbocycles. The fourth-order valence-corrected chi connectivity index (χ4v) is 3.99. The number of ether oxygens (including phenoxy) is 1. The predicted octanol–water partition coefficient (Wildman–Crippen LogP) is 2.68. The quantitative estimate of drug-likeness (QED) is 0.530. The summed E-state index contributed by atoms with van der Waals surface area (Å²) < 4.78 is 14.9. The van der Waals surface area contributed by atoms with Gasteiger partial charge in [0, 0.05) is 31.9 Å². The smallest absolute Gasteiger partial charge is 0.217 e. The van der Waals surface area contributed by atoms with Crippen molar-refractivity contribution in [2.24, 2.45) is 0 Å². The minimum atomic E-state index is 0.580. The zero-order chi connectivity index (χ0) is 19.1. The molecule has 8 nitrogen and oxygen atoms in total. The Hall–Kier alpha value is -2.71. The molecule has 5 heterocycles. The second kappa shape index (κ2) is 7.03. The van der Waals surface area contributed by atoms with Gasteiger partial charge in [0.1, 0.15) is 12.0 Å². The van der Waals surface area contributed by atoms with Gasteiger partial charge < -0.3 is 13.7 Å². The van der Waals surface area contributed by atoms with E-state index in [0.717, 1.165) is 62.5 Å². The van der Waals surface area contributed by atoms with Crippen molar-refractivity contribution in [2.45, 2.75) is 26.8 Å². The van der Waals surface area contributed by atoms with Gasteiger partial charge in [-0.05, 0) is 38.0 Å². The molecule has 1 fully saturated rings. The Kier molecular flexibility index (Phi) is 4.37. The molecule has 0 saturated carbocycles. The number of hydrogen-bond acceptors (Lipinski definition) is 6. The SMILES string of the molecule is Cc1c(C)n(CCCN2CCOCC2)c2ncn3nc(-c4ccco4)nc3c12. The van der Waals surface area contributed by atoms with Crippen LogP contribution in [0.5, 0.6) is 0 Å². The first kappa shape index (κ1) is 17.4. The van der Waals surface area contributed by atoms with Crippen molar-refractivity contribution < 1.29 is 9.15 Å². The van der Waals surface area contributed by atoms with Gasteiger partial charge in [-0.2, -0.15) is 0 Å². The second-order valence-corrected chi connectivity index (χ2v) is 7.29. The van der Waals surface area contributed by atoms with Gasteiger partial charge in [0.05, 0.1) is 24.9 Å². The highest BCUT2D eigenvalue weighted by Gasteiger charge is 2.19. The van der Waals surface area contributed by atoms with Crippen LogP contribution in [0.25, 0.3) is 28.3 Å². The van der Waals surface area contributed by atoms with E-state index in [0.29, 0.717) is 11.6 Å². The molecule has 0 spiro atoms. The fraction of sp³-hybridized carbons (Fsp3) is 0.450. The summed E-state index contributed by atoms with van der Waals surface area (Å²) >= 11 is 0. The fourth-order valence-electron chi connectivity index (χ4n) is 3.99. The first-order valence-electron chi connectivity index (χ1n) is 9.77. The number of aromatic nitrogens is 5. The predicted molar refractivity (Wildman–Crippen MR) is 105 cm³/mol. The normalized spacial score (nSPS) is 15.8. The molecule has 146 valence electrons. The summed E-state index contributed by atoms with van der Waals surface area (Å²) in [7, 11) is 0.